The van der Waals surface area contributed by atoms with E-state index < -0.39 is 0 Å². The van der Waals surface area contributed by atoms with Gasteiger partial charge >= 0.3 is 0 Å². The molecule has 0 N–H and O–H groups in total. The molecule has 0 spiro atoms. The van der Waals surface area contributed by atoms with E-state index in [4.69, 9.17) is 0 Å². The molecule has 0 amide bonds. The SMILES string of the molecule is C1CC1.C1CC1.[Hg]. The summed E-state index contributed by atoms with van der Waals surface area (Å²) in [4.78, 5) is 0. The van der Waals surface area contributed by atoms with Gasteiger partial charge in [0.2, 0.25) is 0 Å². The Morgan fingerprint density at radius 3 is 0.571 bits per heavy atom. The zero-order valence-electron chi connectivity index (χ0n) is 4.95. The second kappa shape index (κ2) is 5.08. The van der Waals surface area contributed by atoms with Crippen molar-refractivity contribution in [3.8, 4) is 0 Å². The van der Waals surface area contributed by atoms with E-state index in [0.717, 1.165) is 0 Å². The quantitative estimate of drug-likeness (QED) is 0.599. The molecule has 2 fully saturated rings. The number of rotatable bonds is 0. The largest absolute Gasteiger partial charge is 0.0533 e. The first-order valence-corrected chi connectivity index (χ1v) is 3.00. The normalized spacial score (nSPS) is 20.6. The molecule has 0 radical (unpaired) electrons. The first-order valence-electron chi connectivity index (χ1n) is 3.00. The Bertz CT molecular complexity index is 19.7. The second-order valence-corrected chi connectivity index (χ2v) is 2.12. The molecule has 0 heterocycles. The van der Waals surface area contributed by atoms with Gasteiger partial charge < -0.3 is 0 Å². The molecular formula is C6H12Hg. The molecule has 0 aromatic heterocycles. The van der Waals surface area contributed by atoms with Gasteiger partial charge in [-0.2, -0.15) is 0 Å². The summed E-state index contributed by atoms with van der Waals surface area (Å²) < 4.78 is 0. The molecule has 2 saturated carbocycles. The van der Waals surface area contributed by atoms with Crippen LogP contribution in [0.5, 0.6) is 0 Å². The molecule has 2 rings (SSSR count). The van der Waals surface area contributed by atoms with Gasteiger partial charge in [0, 0.05) is 27.7 Å². The van der Waals surface area contributed by atoms with Gasteiger partial charge in [0.15, 0.2) is 0 Å². The molecule has 38 valence electrons. The Hall–Kier alpha value is 0.935. The maximum atomic E-state index is 1.50. The standard InChI is InChI=1S/2C3H6.Hg/c2*1-2-3-1;/h2*1-3H2;. The van der Waals surface area contributed by atoms with E-state index in [1.165, 1.54) is 38.5 Å². The molecule has 0 atom stereocenters. The minimum atomic E-state index is 0. The zero-order chi connectivity index (χ0) is 4.24. The van der Waals surface area contributed by atoms with Crippen molar-refractivity contribution in [1.29, 1.82) is 0 Å². The Morgan fingerprint density at radius 2 is 0.571 bits per heavy atom. The Labute approximate surface area is 66.2 Å². The molecule has 2 aliphatic rings. The summed E-state index contributed by atoms with van der Waals surface area (Å²) in [6.45, 7) is 0. The van der Waals surface area contributed by atoms with Gasteiger partial charge in [0.25, 0.3) is 0 Å². The summed E-state index contributed by atoms with van der Waals surface area (Å²) >= 11 is 0. The summed E-state index contributed by atoms with van der Waals surface area (Å²) in [6, 6.07) is 0. The maximum absolute atomic E-state index is 1.50. The Balaban J connectivity index is 0.0000000900. The Morgan fingerprint density at radius 1 is 0.429 bits per heavy atom. The van der Waals surface area contributed by atoms with Crippen molar-refractivity contribution in [1.82, 2.24) is 0 Å². The third kappa shape index (κ3) is 19.6. The average molecular weight is 285 g/mol. The van der Waals surface area contributed by atoms with Crippen molar-refractivity contribution in [2.75, 3.05) is 0 Å². The van der Waals surface area contributed by atoms with Crippen LogP contribution in [-0.4, -0.2) is 0 Å². The van der Waals surface area contributed by atoms with Gasteiger partial charge in [0.05, 0.1) is 0 Å². The van der Waals surface area contributed by atoms with Crippen LogP contribution in [-0.2, 0) is 27.7 Å². The van der Waals surface area contributed by atoms with Crippen molar-refractivity contribution in [2.45, 2.75) is 38.5 Å². The van der Waals surface area contributed by atoms with Crippen LogP contribution in [0, 0.1) is 0 Å². The van der Waals surface area contributed by atoms with Crippen LogP contribution in [0.2, 0.25) is 0 Å². The summed E-state index contributed by atoms with van der Waals surface area (Å²) in [5, 5.41) is 0. The van der Waals surface area contributed by atoms with Gasteiger partial charge in [-0.15, -0.1) is 0 Å². The first kappa shape index (κ1) is 7.94. The molecule has 0 saturated heterocycles. The minimum Gasteiger partial charge on any atom is -0.0533 e. The van der Waals surface area contributed by atoms with E-state index in [2.05, 4.69) is 0 Å². The van der Waals surface area contributed by atoms with E-state index >= 15 is 0 Å². The molecule has 0 bridgehead atoms. The fraction of sp³-hybridized carbons (Fsp3) is 1.00. The fourth-order valence-corrected chi connectivity index (χ4v) is 0. The van der Waals surface area contributed by atoms with Crippen molar-refractivity contribution in [3.05, 3.63) is 0 Å². The van der Waals surface area contributed by atoms with Gasteiger partial charge in [-0.05, 0) is 0 Å². The monoisotopic (exact) mass is 286 g/mol. The zero-order valence-corrected chi connectivity index (χ0v) is 10.4. The molecule has 0 aromatic rings. The molecule has 0 aliphatic heterocycles. The van der Waals surface area contributed by atoms with Crippen LogP contribution in [0.3, 0.4) is 0 Å². The summed E-state index contributed by atoms with van der Waals surface area (Å²) in [5.41, 5.74) is 0. The van der Waals surface area contributed by atoms with Crippen molar-refractivity contribution >= 4 is 0 Å². The predicted octanol–water partition coefficient (Wildman–Crippen LogP) is 2.34. The van der Waals surface area contributed by atoms with Gasteiger partial charge in [0.1, 0.15) is 0 Å². The molecule has 0 unspecified atom stereocenters. The van der Waals surface area contributed by atoms with Crippen LogP contribution in [0.4, 0.5) is 0 Å². The van der Waals surface area contributed by atoms with Crippen LogP contribution in [0.1, 0.15) is 38.5 Å². The van der Waals surface area contributed by atoms with Gasteiger partial charge in [-0.3, -0.25) is 0 Å². The van der Waals surface area contributed by atoms with Crippen molar-refractivity contribution in [2.24, 2.45) is 0 Å². The summed E-state index contributed by atoms with van der Waals surface area (Å²) in [6.07, 6.45) is 9.00. The maximum Gasteiger partial charge on any atom is 0 e. The third-order valence-electron chi connectivity index (χ3n) is 0.707. The third-order valence-corrected chi connectivity index (χ3v) is 0.707. The minimum absolute atomic E-state index is 0. The summed E-state index contributed by atoms with van der Waals surface area (Å²) in [5.74, 6) is 0. The molecule has 0 aromatic carbocycles. The fourth-order valence-electron chi connectivity index (χ4n) is 0. The van der Waals surface area contributed by atoms with Crippen LogP contribution < -0.4 is 0 Å². The second-order valence-electron chi connectivity index (χ2n) is 2.12. The average Bonchev–Trinajstić information content (AvgIpc) is 2.31. The molecule has 2 aliphatic carbocycles. The number of hydrogen-bond donors (Lipinski definition) is 0. The smallest absolute Gasteiger partial charge is 0 e. The molecule has 7 heavy (non-hydrogen) atoms. The predicted molar refractivity (Wildman–Crippen MR) is 27.7 cm³/mol. The van der Waals surface area contributed by atoms with Gasteiger partial charge in [-0.25, -0.2) is 0 Å². The van der Waals surface area contributed by atoms with E-state index in [9.17, 15) is 0 Å². The van der Waals surface area contributed by atoms with Crippen molar-refractivity contribution < 1.29 is 27.7 Å². The van der Waals surface area contributed by atoms with E-state index in [0.29, 0.717) is 0 Å². The van der Waals surface area contributed by atoms with Crippen molar-refractivity contribution in [3.63, 3.8) is 0 Å². The van der Waals surface area contributed by atoms with E-state index in [-0.39, 0.29) is 27.7 Å². The van der Waals surface area contributed by atoms with Crippen LogP contribution in [0.25, 0.3) is 0 Å². The van der Waals surface area contributed by atoms with E-state index in [1.807, 2.05) is 0 Å². The summed E-state index contributed by atoms with van der Waals surface area (Å²) in [7, 11) is 0. The van der Waals surface area contributed by atoms with Crippen LogP contribution in [0.15, 0.2) is 0 Å². The number of hydrogen-bond acceptors (Lipinski definition) is 0. The topological polar surface area (TPSA) is 0 Å². The Kier molecular flexibility index (Phi) is 5.76. The molecule has 1 heteroatoms. The molecule has 0 nitrogen and oxygen atoms in total. The van der Waals surface area contributed by atoms with Crippen LogP contribution >= 0.6 is 0 Å². The van der Waals surface area contributed by atoms with Gasteiger partial charge in [-0.1, -0.05) is 38.5 Å². The van der Waals surface area contributed by atoms with E-state index in [1.54, 1.807) is 0 Å². The molecular weight excluding hydrogens is 273 g/mol. The first-order chi connectivity index (χ1) is 3.00.